The standard InChI is InChI=1S/C16H23NO2S/c1-3-4-8-16-14(12-17-10-11-20(2)18)13-7-5-6-9-15(13)19-16/h5-7,9,17H,3-4,8,10-12H2,1-2H3. The minimum Gasteiger partial charge on any atom is -0.461 e. The van der Waals surface area contributed by atoms with Gasteiger partial charge < -0.3 is 9.73 Å². The predicted octanol–water partition coefficient (Wildman–Crippen LogP) is 3.24. The van der Waals surface area contributed by atoms with E-state index in [4.69, 9.17) is 4.42 Å². The molecule has 1 aromatic carbocycles. The second-order valence-corrected chi connectivity index (χ2v) is 6.61. The minimum absolute atomic E-state index is 0.695. The van der Waals surface area contributed by atoms with E-state index in [9.17, 15) is 4.21 Å². The van der Waals surface area contributed by atoms with Crippen LogP contribution in [0.25, 0.3) is 11.0 Å². The largest absolute Gasteiger partial charge is 0.461 e. The lowest BCUT2D eigenvalue weighted by atomic mass is 10.1. The Kier molecular flexibility index (Phi) is 5.80. The van der Waals surface area contributed by atoms with E-state index in [1.54, 1.807) is 6.26 Å². The lowest BCUT2D eigenvalue weighted by Gasteiger charge is -2.05. The molecule has 1 unspecified atom stereocenters. The summed E-state index contributed by atoms with van der Waals surface area (Å²) in [6, 6.07) is 8.19. The highest BCUT2D eigenvalue weighted by atomic mass is 32.2. The van der Waals surface area contributed by atoms with Gasteiger partial charge in [0.25, 0.3) is 0 Å². The number of nitrogens with one attached hydrogen (secondary N) is 1. The van der Waals surface area contributed by atoms with Crippen LogP contribution < -0.4 is 5.32 Å². The van der Waals surface area contributed by atoms with E-state index < -0.39 is 10.8 Å². The summed E-state index contributed by atoms with van der Waals surface area (Å²) >= 11 is 0. The minimum atomic E-state index is -0.737. The van der Waals surface area contributed by atoms with Gasteiger partial charge in [-0.1, -0.05) is 31.5 Å². The van der Waals surface area contributed by atoms with E-state index in [0.717, 1.165) is 37.3 Å². The molecule has 0 bridgehead atoms. The van der Waals surface area contributed by atoms with E-state index in [-0.39, 0.29) is 0 Å². The highest BCUT2D eigenvalue weighted by Crippen LogP contribution is 2.27. The summed E-state index contributed by atoms with van der Waals surface area (Å²) < 4.78 is 17.1. The first kappa shape index (κ1) is 15.3. The zero-order valence-corrected chi connectivity index (χ0v) is 13.1. The number of hydrogen-bond acceptors (Lipinski definition) is 3. The maximum atomic E-state index is 11.1. The van der Waals surface area contributed by atoms with Crippen molar-refractivity contribution in [3.8, 4) is 0 Å². The number of benzene rings is 1. The first-order valence-electron chi connectivity index (χ1n) is 7.22. The summed E-state index contributed by atoms with van der Waals surface area (Å²) in [5.74, 6) is 1.79. The number of fused-ring (bicyclic) bond motifs is 1. The third-order valence-corrected chi connectivity index (χ3v) is 4.19. The summed E-state index contributed by atoms with van der Waals surface area (Å²) in [6.07, 6.45) is 5.04. The number of unbranched alkanes of at least 4 members (excludes halogenated alkanes) is 1. The number of para-hydroxylation sites is 1. The van der Waals surface area contributed by atoms with Crippen LogP contribution in [0.5, 0.6) is 0 Å². The van der Waals surface area contributed by atoms with Crippen molar-refractivity contribution >= 4 is 21.8 Å². The lowest BCUT2D eigenvalue weighted by Crippen LogP contribution is -2.20. The fourth-order valence-corrected chi connectivity index (χ4v) is 2.74. The van der Waals surface area contributed by atoms with Gasteiger partial charge in [0.05, 0.1) is 0 Å². The molecule has 4 heteroatoms. The van der Waals surface area contributed by atoms with Gasteiger partial charge in [-0.2, -0.15) is 0 Å². The Hall–Kier alpha value is -1.13. The summed E-state index contributed by atoms with van der Waals surface area (Å²) in [5, 5.41) is 4.57. The van der Waals surface area contributed by atoms with Crippen molar-refractivity contribution < 1.29 is 8.63 Å². The summed E-state index contributed by atoms with van der Waals surface area (Å²) in [6.45, 7) is 3.75. The first-order valence-corrected chi connectivity index (χ1v) is 8.95. The molecule has 20 heavy (non-hydrogen) atoms. The van der Waals surface area contributed by atoms with Crippen molar-refractivity contribution in [2.24, 2.45) is 0 Å². The lowest BCUT2D eigenvalue weighted by molar-refractivity contribution is 0.526. The molecule has 2 aromatic rings. The van der Waals surface area contributed by atoms with Crippen molar-refractivity contribution in [2.45, 2.75) is 32.7 Å². The zero-order valence-electron chi connectivity index (χ0n) is 12.3. The van der Waals surface area contributed by atoms with Gasteiger partial charge >= 0.3 is 0 Å². The van der Waals surface area contributed by atoms with Crippen LogP contribution in [0.4, 0.5) is 0 Å². The van der Waals surface area contributed by atoms with Crippen LogP contribution >= 0.6 is 0 Å². The Balaban J connectivity index is 2.12. The monoisotopic (exact) mass is 293 g/mol. The second-order valence-electron chi connectivity index (χ2n) is 5.06. The van der Waals surface area contributed by atoms with Crippen LogP contribution in [0.15, 0.2) is 28.7 Å². The summed E-state index contributed by atoms with van der Waals surface area (Å²) in [7, 11) is -0.737. The number of rotatable bonds is 8. The fraction of sp³-hybridized carbons (Fsp3) is 0.500. The molecule has 0 amide bonds. The highest BCUT2D eigenvalue weighted by Gasteiger charge is 2.12. The van der Waals surface area contributed by atoms with Gasteiger partial charge in [-0.05, 0) is 12.5 Å². The molecule has 3 nitrogen and oxygen atoms in total. The maximum Gasteiger partial charge on any atom is 0.134 e. The SMILES string of the molecule is CCCCc1oc2ccccc2c1CNCCS(C)=O. The van der Waals surface area contributed by atoms with E-state index >= 15 is 0 Å². The molecular weight excluding hydrogens is 270 g/mol. The Bertz CT molecular complexity index is 577. The fourth-order valence-electron chi connectivity index (χ4n) is 2.31. The van der Waals surface area contributed by atoms with Crippen LogP contribution in [0.3, 0.4) is 0 Å². The van der Waals surface area contributed by atoms with Crippen molar-refractivity contribution in [3.63, 3.8) is 0 Å². The van der Waals surface area contributed by atoms with Gasteiger partial charge in [0.2, 0.25) is 0 Å². The Morgan fingerprint density at radius 2 is 2.10 bits per heavy atom. The third kappa shape index (κ3) is 3.93. The molecule has 0 aliphatic heterocycles. The number of aryl methyl sites for hydroxylation is 1. The van der Waals surface area contributed by atoms with Gasteiger partial charge in [-0.3, -0.25) is 4.21 Å². The number of furan rings is 1. The second kappa shape index (κ2) is 7.60. The quantitative estimate of drug-likeness (QED) is 0.760. The van der Waals surface area contributed by atoms with Crippen LogP contribution in [0.2, 0.25) is 0 Å². The van der Waals surface area contributed by atoms with Gasteiger partial charge in [-0.25, -0.2) is 0 Å². The van der Waals surface area contributed by atoms with Crippen molar-refractivity contribution in [1.82, 2.24) is 5.32 Å². The van der Waals surface area contributed by atoms with E-state index in [1.165, 1.54) is 17.4 Å². The molecule has 0 saturated carbocycles. The van der Waals surface area contributed by atoms with E-state index in [2.05, 4.69) is 18.3 Å². The average Bonchev–Trinajstić information content (AvgIpc) is 2.79. The summed E-state index contributed by atoms with van der Waals surface area (Å²) in [4.78, 5) is 0. The van der Waals surface area contributed by atoms with Gasteiger partial charge in [0.1, 0.15) is 11.3 Å². The molecular formula is C16H23NO2S. The maximum absolute atomic E-state index is 11.1. The van der Waals surface area contributed by atoms with Crippen molar-refractivity contribution in [3.05, 3.63) is 35.6 Å². The molecule has 0 spiro atoms. The molecule has 0 aliphatic rings. The molecule has 2 rings (SSSR count). The molecule has 1 N–H and O–H groups in total. The normalized spacial score (nSPS) is 12.9. The van der Waals surface area contributed by atoms with Gasteiger partial charge in [-0.15, -0.1) is 0 Å². The predicted molar refractivity (Wildman–Crippen MR) is 85.5 cm³/mol. The Morgan fingerprint density at radius 1 is 1.30 bits per heavy atom. The highest BCUT2D eigenvalue weighted by molar-refractivity contribution is 7.84. The van der Waals surface area contributed by atoms with Crippen LogP contribution in [0, 0.1) is 0 Å². The van der Waals surface area contributed by atoms with Crippen molar-refractivity contribution in [1.29, 1.82) is 0 Å². The molecule has 1 aromatic heterocycles. The first-order chi connectivity index (χ1) is 9.72. The molecule has 110 valence electrons. The van der Waals surface area contributed by atoms with Crippen LogP contribution in [-0.4, -0.2) is 22.8 Å². The average molecular weight is 293 g/mol. The Labute approximate surface area is 123 Å². The zero-order chi connectivity index (χ0) is 14.4. The molecule has 1 atom stereocenters. The Morgan fingerprint density at radius 3 is 2.85 bits per heavy atom. The molecule has 0 radical (unpaired) electrons. The van der Waals surface area contributed by atoms with Crippen LogP contribution in [-0.2, 0) is 23.8 Å². The van der Waals surface area contributed by atoms with E-state index in [1.807, 2.05) is 18.2 Å². The smallest absolute Gasteiger partial charge is 0.134 e. The molecule has 1 heterocycles. The third-order valence-electron chi connectivity index (χ3n) is 3.41. The molecule has 0 fully saturated rings. The van der Waals surface area contributed by atoms with Gasteiger partial charge in [0, 0.05) is 53.3 Å². The number of hydrogen-bond donors (Lipinski definition) is 1. The molecule has 0 saturated heterocycles. The van der Waals surface area contributed by atoms with Crippen molar-refractivity contribution in [2.75, 3.05) is 18.6 Å². The summed E-state index contributed by atoms with van der Waals surface area (Å²) in [5.41, 5.74) is 2.23. The van der Waals surface area contributed by atoms with Crippen LogP contribution in [0.1, 0.15) is 31.1 Å². The molecule has 0 aliphatic carbocycles. The topological polar surface area (TPSA) is 42.2 Å². The van der Waals surface area contributed by atoms with Gasteiger partial charge in [0.15, 0.2) is 0 Å². The van der Waals surface area contributed by atoms with E-state index in [0.29, 0.717) is 5.75 Å².